The zero-order valence-corrected chi connectivity index (χ0v) is 14.7. The van der Waals surface area contributed by atoms with Crippen LogP contribution < -0.4 is 0 Å². The first kappa shape index (κ1) is 17.8. The number of hydrogen-bond donors (Lipinski definition) is 0. The van der Waals surface area contributed by atoms with Crippen molar-refractivity contribution in [2.75, 3.05) is 40.3 Å². The largest absolute Gasteiger partial charge is 0.449 e. The number of ether oxygens (including phenoxy) is 1. The Morgan fingerprint density at radius 3 is 3.04 bits per heavy atom. The van der Waals surface area contributed by atoms with Crippen LogP contribution in [-0.2, 0) is 11.3 Å². The Hall–Kier alpha value is -1.56. The van der Waals surface area contributed by atoms with E-state index in [0.717, 1.165) is 51.1 Å². The lowest BCUT2D eigenvalue weighted by Crippen LogP contribution is -2.40. The molecule has 6 heteroatoms. The first-order chi connectivity index (χ1) is 11.1. The van der Waals surface area contributed by atoms with Gasteiger partial charge in [0.05, 0.1) is 6.61 Å². The van der Waals surface area contributed by atoms with E-state index in [1.54, 1.807) is 0 Å². The summed E-state index contributed by atoms with van der Waals surface area (Å²) in [6.07, 6.45) is 7.81. The lowest BCUT2D eigenvalue weighted by Gasteiger charge is -2.32. The highest BCUT2D eigenvalue weighted by molar-refractivity contribution is 5.67. The Kier molecular flexibility index (Phi) is 6.89. The molecule has 1 aliphatic rings. The van der Waals surface area contributed by atoms with E-state index in [0.29, 0.717) is 19.1 Å². The maximum absolute atomic E-state index is 12.1. The number of likely N-dealkylation sites (tertiary alicyclic amines) is 1. The number of aromatic nitrogens is 2. The van der Waals surface area contributed by atoms with Crippen molar-refractivity contribution in [3.05, 3.63) is 18.2 Å². The van der Waals surface area contributed by atoms with Gasteiger partial charge in [-0.3, -0.25) is 0 Å². The zero-order chi connectivity index (χ0) is 16.7. The van der Waals surface area contributed by atoms with E-state index in [-0.39, 0.29) is 6.09 Å². The second-order valence-electron chi connectivity index (χ2n) is 6.54. The van der Waals surface area contributed by atoms with Crippen molar-refractivity contribution in [2.24, 2.45) is 0 Å². The summed E-state index contributed by atoms with van der Waals surface area (Å²) in [5, 5.41) is 0. The van der Waals surface area contributed by atoms with Gasteiger partial charge in [-0.2, -0.15) is 0 Å². The Morgan fingerprint density at radius 2 is 2.30 bits per heavy atom. The van der Waals surface area contributed by atoms with E-state index in [2.05, 4.69) is 34.7 Å². The van der Waals surface area contributed by atoms with Crippen molar-refractivity contribution in [1.29, 1.82) is 0 Å². The van der Waals surface area contributed by atoms with Gasteiger partial charge in [-0.1, -0.05) is 6.92 Å². The van der Waals surface area contributed by atoms with Gasteiger partial charge >= 0.3 is 6.09 Å². The number of amides is 1. The quantitative estimate of drug-likeness (QED) is 0.774. The fourth-order valence-electron chi connectivity index (χ4n) is 3.06. The number of aryl methyl sites for hydroxylation is 1. The number of rotatable bonds is 7. The number of piperidine rings is 1. The SMILES string of the molecule is CCCOC(=O)N1CCC[C@H](c2nccn2CCCN(C)C)C1. The molecule has 0 spiro atoms. The highest BCUT2D eigenvalue weighted by atomic mass is 16.6. The smallest absolute Gasteiger partial charge is 0.409 e. The third-order valence-electron chi connectivity index (χ3n) is 4.23. The lowest BCUT2D eigenvalue weighted by molar-refractivity contribution is 0.0907. The van der Waals surface area contributed by atoms with Crippen LogP contribution in [0.3, 0.4) is 0 Å². The van der Waals surface area contributed by atoms with Crippen LogP contribution in [0.5, 0.6) is 0 Å². The van der Waals surface area contributed by atoms with E-state index in [9.17, 15) is 4.79 Å². The van der Waals surface area contributed by atoms with Crippen molar-refractivity contribution in [3.63, 3.8) is 0 Å². The van der Waals surface area contributed by atoms with Crippen LogP contribution in [0.2, 0.25) is 0 Å². The molecule has 23 heavy (non-hydrogen) atoms. The minimum Gasteiger partial charge on any atom is -0.449 e. The summed E-state index contributed by atoms with van der Waals surface area (Å²) in [7, 11) is 4.19. The fraction of sp³-hybridized carbons (Fsp3) is 0.765. The van der Waals surface area contributed by atoms with Crippen molar-refractivity contribution < 1.29 is 9.53 Å². The normalized spacial score (nSPS) is 18.4. The minimum absolute atomic E-state index is 0.178. The summed E-state index contributed by atoms with van der Waals surface area (Å²) in [5.41, 5.74) is 0. The first-order valence-electron chi connectivity index (χ1n) is 8.69. The molecular formula is C17H30N4O2. The van der Waals surface area contributed by atoms with Gasteiger partial charge in [-0.25, -0.2) is 9.78 Å². The molecule has 1 aliphatic heterocycles. The molecular weight excluding hydrogens is 292 g/mol. The predicted octanol–water partition coefficient (Wildman–Crippen LogP) is 2.56. The van der Waals surface area contributed by atoms with Gasteiger partial charge < -0.3 is 19.1 Å². The van der Waals surface area contributed by atoms with Crippen LogP contribution in [0.15, 0.2) is 12.4 Å². The van der Waals surface area contributed by atoms with Gasteiger partial charge in [0.1, 0.15) is 5.82 Å². The Bertz CT molecular complexity index is 487. The number of carbonyl (C=O) groups excluding carboxylic acids is 1. The molecule has 6 nitrogen and oxygen atoms in total. The van der Waals surface area contributed by atoms with E-state index in [1.807, 2.05) is 18.0 Å². The van der Waals surface area contributed by atoms with Crippen LogP contribution in [0.4, 0.5) is 4.79 Å². The van der Waals surface area contributed by atoms with Crippen molar-refractivity contribution in [3.8, 4) is 0 Å². The summed E-state index contributed by atoms with van der Waals surface area (Å²) in [5.74, 6) is 1.42. The summed E-state index contributed by atoms with van der Waals surface area (Å²) in [4.78, 5) is 20.7. The Labute approximate surface area is 139 Å². The van der Waals surface area contributed by atoms with Gasteiger partial charge in [0.25, 0.3) is 0 Å². The molecule has 1 amide bonds. The maximum Gasteiger partial charge on any atom is 0.409 e. The third kappa shape index (κ3) is 5.23. The van der Waals surface area contributed by atoms with Crippen LogP contribution in [0.1, 0.15) is 44.3 Å². The number of carbonyl (C=O) groups is 1. The lowest BCUT2D eigenvalue weighted by atomic mass is 9.97. The highest BCUT2D eigenvalue weighted by Crippen LogP contribution is 2.26. The highest BCUT2D eigenvalue weighted by Gasteiger charge is 2.28. The van der Waals surface area contributed by atoms with Crippen LogP contribution in [0, 0.1) is 0 Å². The molecule has 1 aromatic heterocycles. The molecule has 130 valence electrons. The molecule has 2 heterocycles. The van der Waals surface area contributed by atoms with Gasteiger partial charge in [0.15, 0.2) is 0 Å². The first-order valence-corrected chi connectivity index (χ1v) is 8.69. The number of hydrogen-bond acceptors (Lipinski definition) is 4. The van der Waals surface area contributed by atoms with Crippen molar-refractivity contribution >= 4 is 6.09 Å². The fourth-order valence-corrected chi connectivity index (χ4v) is 3.06. The van der Waals surface area contributed by atoms with E-state index in [1.165, 1.54) is 0 Å². The molecule has 1 aromatic rings. The van der Waals surface area contributed by atoms with Gasteiger partial charge in [-0.15, -0.1) is 0 Å². The van der Waals surface area contributed by atoms with Crippen LogP contribution in [-0.4, -0.2) is 65.8 Å². The van der Waals surface area contributed by atoms with Gasteiger partial charge in [-0.05, 0) is 46.3 Å². The molecule has 2 rings (SSSR count). The van der Waals surface area contributed by atoms with Gasteiger partial charge in [0.2, 0.25) is 0 Å². The molecule has 1 saturated heterocycles. The minimum atomic E-state index is -0.178. The summed E-state index contributed by atoms with van der Waals surface area (Å²) < 4.78 is 7.52. The molecule has 0 radical (unpaired) electrons. The Balaban J connectivity index is 1.93. The van der Waals surface area contributed by atoms with Crippen molar-refractivity contribution in [2.45, 2.75) is 45.1 Å². The predicted molar refractivity (Wildman–Crippen MR) is 90.6 cm³/mol. The summed E-state index contributed by atoms with van der Waals surface area (Å²) >= 11 is 0. The Morgan fingerprint density at radius 1 is 1.48 bits per heavy atom. The third-order valence-corrected chi connectivity index (χ3v) is 4.23. The molecule has 1 atom stereocenters. The topological polar surface area (TPSA) is 50.6 Å². The summed E-state index contributed by atoms with van der Waals surface area (Å²) in [6.45, 7) is 6.06. The zero-order valence-electron chi connectivity index (χ0n) is 14.7. The molecule has 0 aliphatic carbocycles. The average Bonchev–Trinajstić information content (AvgIpc) is 3.01. The second kappa shape index (κ2) is 8.91. The molecule has 0 N–H and O–H groups in total. The van der Waals surface area contributed by atoms with Crippen LogP contribution >= 0.6 is 0 Å². The van der Waals surface area contributed by atoms with E-state index in [4.69, 9.17) is 4.74 Å². The molecule has 0 saturated carbocycles. The number of imidazole rings is 1. The average molecular weight is 322 g/mol. The standard InChI is InChI=1S/C17H30N4O2/c1-4-13-23-17(22)21-10-5-7-15(14-21)16-18-8-12-20(16)11-6-9-19(2)3/h8,12,15H,4-7,9-11,13-14H2,1-3H3/t15-/m0/s1. The van der Waals surface area contributed by atoms with Gasteiger partial charge in [0, 0.05) is 37.9 Å². The second-order valence-corrected chi connectivity index (χ2v) is 6.54. The molecule has 0 bridgehead atoms. The summed E-state index contributed by atoms with van der Waals surface area (Å²) in [6, 6.07) is 0. The van der Waals surface area contributed by atoms with E-state index < -0.39 is 0 Å². The monoisotopic (exact) mass is 322 g/mol. The molecule has 0 unspecified atom stereocenters. The van der Waals surface area contributed by atoms with E-state index >= 15 is 0 Å². The molecule has 0 aromatic carbocycles. The van der Waals surface area contributed by atoms with Crippen molar-refractivity contribution in [1.82, 2.24) is 19.4 Å². The van der Waals surface area contributed by atoms with Crippen LogP contribution in [0.25, 0.3) is 0 Å². The molecule has 1 fully saturated rings. The maximum atomic E-state index is 12.1. The number of nitrogens with zero attached hydrogens (tertiary/aromatic N) is 4.